The molecule has 1 unspecified atom stereocenters. The highest BCUT2D eigenvalue weighted by Crippen LogP contribution is 2.24. The van der Waals surface area contributed by atoms with Crippen molar-refractivity contribution in [3.8, 4) is 6.01 Å². The normalized spacial score (nSPS) is 20.3. The molecule has 0 amide bonds. The van der Waals surface area contributed by atoms with Gasteiger partial charge >= 0.3 is 6.01 Å². The molecule has 0 aliphatic carbocycles. The van der Waals surface area contributed by atoms with Crippen LogP contribution in [0.25, 0.3) is 10.9 Å². The third-order valence-electron chi connectivity index (χ3n) is 5.62. The van der Waals surface area contributed by atoms with Crippen LogP contribution >= 0.6 is 0 Å². The number of para-hydroxylation sites is 1. The molecule has 0 saturated carbocycles. The molecule has 34 heavy (non-hydrogen) atoms. The Balaban J connectivity index is 1.28. The fraction of sp³-hybridized carbons (Fsp3) is 0.478. The van der Waals surface area contributed by atoms with E-state index in [0.717, 1.165) is 16.5 Å². The van der Waals surface area contributed by atoms with Gasteiger partial charge in [0.25, 0.3) is 5.95 Å². The lowest BCUT2D eigenvalue weighted by Crippen LogP contribution is -2.37. The van der Waals surface area contributed by atoms with E-state index in [-0.39, 0.29) is 12.1 Å². The second kappa shape index (κ2) is 9.92. The van der Waals surface area contributed by atoms with Crippen LogP contribution in [-0.4, -0.2) is 77.6 Å². The SMILES string of the molecule is CC1(C)OCC(CCOc2nc(N/N=C\c3c[nH]c4ccccc34)nc(N3CCOCC3)n2)O1. The lowest BCUT2D eigenvalue weighted by molar-refractivity contribution is -0.139. The fourth-order valence-electron chi connectivity index (χ4n) is 3.91. The average Bonchev–Trinajstić information content (AvgIpc) is 3.42. The summed E-state index contributed by atoms with van der Waals surface area (Å²) in [6.45, 7) is 7.40. The summed E-state index contributed by atoms with van der Waals surface area (Å²) in [7, 11) is 0. The molecule has 2 saturated heterocycles. The molecule has 5 rings (SSSR count). The van der Waals surface area contributed by atoms with Gasteiger partial charge in [0.15, 0.2) is 5.79 Å². The molecule has 3 aromatic rings. The van der Waals surface area contributed by atoms with Crippen LogP contribution in [0.2, 0.25) is 0 Å². The maximum absolute atomic E-state index is 5.87. The zero-order valence-corrected chi connectivity index (χ0v) is 19.4. The van der Waals surface area contributed by atoms with Gasteiger partial charge in [0.05, 0.1) is 38.7 Å². The summed E-state index contributed by atoms with van der Waals surface area (Å²) in [6, 6.07) is 8.28. The van der Waals surface area contributed by atoms with Crippen molar-refractivity contribution in [1.82, 2.24) is 19.9 Å². The number of hydrogen-bond acceptors (Lipinski definition) is 10. The first-order valence-corrected chi connectivity index (χ1v) is 11.4. The predicted octanol–water partition coefficient (Wildman–Crippen LogP) is 2.56. The number of nitrogens with zero attached hydrogens (tertiary/aromatic N) is 5. The Bertz CT molecular complexity index is 1140. The summed E-state index contributed by atoms with van der Waals surface area (Å²) < 4.78 is 22.8. The molecule has 2 fully saturated rings. The Morgan fingerprint density at radius 3 is 2.91 bits per heavy atom. The summed E-state index contributed by atoms with van der Waals surface area (Å²) in [4.78, 5) is 18.7. The lowest BCUT2D eigenvalue weighted by atomic mass is 10.2. The molecular weight excluding hydrogens is 438 g/mol. The first-order valence-electron chi connectivity index (χ1n) is 11.4. The maximum atomic E-state index is 5.87. The number of nitrogens with one attached hydrogen (secondary N) is 2. The highest BCUT2D eigenvalue weighted by molar-refractivity contribution is 5.99. The number of aromatic nitrogens is 4. The van der Waals surface area contributed by atoms with Crippen LogP contribution in [0.15, 0.2) is 35.6 Å². The van der Waals surface area contributed by atoms with E-state index in [2.05, 4.69) is 30.5 Å². The molecule has 0 spiro atoms. The summed E-state index contributed by atoms with van der Waals surface area (Å²) in [5, 5.41) is 5.42. The van der Waals surface area contributed by atoms with Crippen LogP contribution in [-0.2, 0) is 14.2 Å². The number of rotatable bonds is 8. The van der Waals surface area contributed by atoms with E-state index in [1.807, 2.05) is 49.2 Å². The lowest BCUT2D eigenvalue weighted by Gasteiger charge is -2.26. The Labute approximate surface area is 197 Å². The second-order valence-electron chi connectivity index (χ2n) is 8.59. The van der Waals surface area contributed by atoms with Crippen molar-refractivity contribution in [1.29, 1.82) is 0 Å². The summed E-state index contributed by atoms with van der Waals surface area (Å²) in [5.41, 5.74) is 4.93. The number of H-pyrrole nitrogens is 1. The highest BCUT2D eigenvalue weighted by Gasteiger charge is 2.32. The standard InChI is InChI=1S/C23H29N7O4/c1-23(2)33-15-17(34-23)7-10-32-22-27-20(26-21(28-22)30-8-11-31-12-9-30)29-25-14-16-13-24-19-6-4-3-5-18(16)19/h3-6,13-14,17,24H,7-12,15H2,1-2H3,(H,26,27,28,29)/b25-14-. The third-order valence-corrected chi connectivity index (χ3v) is 5.62. The summed E-state index contributed by atoms with van der Waals surface area (Å²) in [5.74, 6) is 0.283. The molecule has 0 radical (unpaired) electrons. The van der Waals surface area contributed by atoms with Crippen LogP contribution in [0.3, 0.4) is 0 Å². The van der Waals surface area contributed by atoms with Gasteiger partial charge in [-0.3, -0.25) is 0 Å². The monoisotopic (exact) mass is 467 g/mol. The van der Waals surface area contributed by atoms with Gasteiger partial charge < -0.3 is 28.8 Å². The minimum atomic E-state index is -0.554. The van der Waals surface area contributed by atoms with Gasteiger partial charge in [0.1, 0.15) is 0 Å². The van der Waals surface area contributed by atoms with Crippen molar-refractivity contribution >= 4 is 29.0 Å². The van der Waals surface area contributed by atoms with Crippen molar-refractivity contribution in [2.24, 2.45) is 5.10 Å². The molecule has 2 aliphatic rings. The largest absolute Gasteiger partial charge is 0.463 e. The number of ether oxygens (including phenoxy) is 4. The van der Waals surface area contributed by atoms with Crippen molar-refractivity contribution in [3.05, 3.63) is 36.0 Å². The average molecular weight is 468 g/mol. The number of aromatic amines is 1. The Hall–Kier alpha value is -3.28. The van der Waals surface area contributed by atoms with E-state index < -0.39 is 5.79 Å². The van der Waals surface area contributed by atoms with Gasteiger partial charge in [-0.15, -0.1) is 0 Å². The minimum absolute atomic E-state index is 0.0195. The van der Waals surface area contributed by atoms with Crippen LogP contribution < -0.4 is 15.1 Å². The Morgan fingerprint density at radius 2 is 2.09 bits per heavy atom. The number of fused-ring (bicyclic) bond motifs is 1. The van der Waals surface area contributed by atoms with E-state index in [4.69, 9.17) is 18.9 Å². The highest BCUT2D eigenvalue weighted by atomic mass is 16.7. The van der Waals surface area contributed by atoms with Gasteiger partial charge in [-0.2, -0.15) is 20.1 Å². The molecule has 11 nitrogen and oxygen atoms in total. The molecule has 11 heteroatoms. The summed E-state index contributed by atoms with van der Waals surface area (Å²) in [6.07, 6.45) is 4.29. The second-order valence-corrected chi connectivity index (χ2v) is 8.59. The predicted molar refractivity (Wildman–Crippen MR) is 127 cm³/mol. The number of hydrazone groups is 1. The molecule has 2 N–H and O–H groups in total. The van der Waals surface area contributed by atoms with Crippen molar-refractivity contribution in [2.75, 3.05) is 49.8 Å². The van der Waals surface area contributed by atoms with E-state index in [0.29, 0.717) is 57.8 Å². The van der Waals surface area contributed by atoms with Crippen molar-refractivity contribution < 1.29 is 18.9 Å². The number of hydrogen-bond donors (Lipinski definition) is 2. The van der Waals surface area contributed by atoms with Crippen molar-refractivity contribution in [2.45, 2.75) is 32.2 Å². The third kappa shape index (κ3) is 5.44. The first kappa shape index (κ1) is 22.5. The van der Waals surface area contributed by atoms with E-state index in [1.165, 1.54) is 0 Å². The fourth-order valence-corrected chi connectivity index (χ4v) is 3.91. The molecule has 4 heterocycles. The maximum Gasteiger partial charge on any atom is 0.323 e. The number of benzene rings is 1. The molecule has 180 valence electrons. The molecule has 2 aliphatic heterocycles. The van der Waals surface area contributed by atoms with E-state index in [1.54, 1.807) is 6.21 Å². The van der Waals surface area contributed by atoms with Crippen LogP contribution in [0.4, 0.5) is 11.9 Å². The topological polar surface area (TPSA) is 119 Å². The number of anilines is 2. The first-order chi connectivity index (χ1) is 16.6. The van der Waals surface area contributed by atoms with Gasteiger partial charge in [0, 0.05) is 42.2 Å². The van der Waals surface area contributed by atoms with Gasteiger partial charge in [-0.05, 0) is 19.9 Å². The molecular formula is C23H29N7O4. The smallest absolute Gasteiger partial charge is 0.323 e. The Morgan fingerprint density at radius 1 is 1.24 bits per heavy atom. The summed E-state index contributed by atoms with van der Waals surface area (Å²) >= 11 is 0. The van der Waals surface area contributed by atoms with Gasteiger partial charge in [0.2, 0.25) is 5.95 Å². The van der Waals surface area contributed by atoms with Gasteiger partial charge in [-0.1, -0.05) is 18.2 Å². The number of morpholine rings is 1. The van der Waals surface area contributed by atoms with Crippen LogP contribution in [0.5, 0.6) is 6.01 Å². The molecule has 2 aromatic heterocycles. The molecule has 1 atom stereocenters. The molecule has 0 bridgehead atoms. The van der Waals surface area contributed by atoms with Crippen LogP contribution in [0, 0.1) is 0 Å². The van der Waals surface area contributed by atoms with Gasteiger partial charge in [-0.25, -0.2) is 5.43 Å². The molecule has 1 aromatic carbocycles. The van der Waals surface area contributed by atoms with E-state index in [9.17, 15) is 0 Å². The zero-order valence-electron chi connectivity index (χ0n) is 19.4. The Kier molecular flexibility index (Phi) is 6.57. The minimum Gasteiger partial charge on any atom is -0.463 e. The zero-order chi connectivity index (χ0) is 23.4. The quantitative estimate of drug-likeness (QED) is 0.380. The van der Waals surface area contributed by atoms with Crippen LogP contribution in [0.1, 0.15) is 25.8 Å². The van der Waals surface area contributed by atoms with Crippen molar-refractivity contribution in [3.63, 3.8) is 0 Å². The van der Waals surface area contributed by atoms with E-state index >= 15 is 0 Å².